The fraction of sp³-hybridized carbons (Fsp3) is 0.136. The third kappa shape index (κ3) is 4.04. The highest BCUT2D eigenvalue weighted by atomic mass is 32.1. The lowest BCUT2D eigenvalue weighted by atomic mass is 9.95. The summed E-state index contributed by atoms with van der Waals surface area (Å²) >= 11 is 1.31. The second-order valence-corrected chi connectivity index (χ2v) is 7.65. The number of amides is 1. The molecule has 0 spiro atoms. The number of benzene rings is 2. The van der Waals surface area contributed by atoms with E-state index < -0.39 is 11.5 Å². The predicted octanol–water partition coefficient (Wildman–Crippen LogP) is 4.16. The van der Waals surface area contributed by atoms with Gasteiger partial charge in [-0.25, -0.2) is 5.10 Å². The molecule has 0 saturated heterocycles. The van der Waals surface area contributed by atoms with E-state index in [-0.39, 0.29) is 5.56 Å². The predicted molar refractivity (Wildman–Crippen MR) is 118 cm³/mol. The maximum absolute atomic E-state index is 13.2. The van der Waals surface area contributed by atoms with Crippen LogP contribution in [0.3, 0.4) is 0 Å². The number of hydrogen-bond donors (Lipinski definition) is 2. The SMILES string of the molecule is CCCc1nnc(NC(=O)c2c(-c3ccccc3)c(-c3ccccc3)n[nH]c2=O)s1. The number of rotatable bonds is 6. The highest BCUT2D eigenvalue weighted by molar-refractivity contribution is 7.15. The standard InChI is InChI=1S/C22H19N5O2S/c1-2-9-16-24-27-22(30-16)23-20(28)18-17(14-10-5-3-6-11-14)19(25-26-21(18)29)15-12-7-4-8-13-15/h3-8,10-13H,2,9H2,1H3,(H,26,29)(H,23,27,28). The molecule has 0 radical (unpaired) electrons. The molecule has 0 aliphatic heterocycles. The quantitative estimate of drug-likeness (QED) is 0.491. The highest BCUT2D eigenvalue weighted by Gasteiger charge is 2.23. The van der Waals surface area contributed by atoms with Crippen molar-refractivity contribution in [1.29, 1.82) is 0 Å². The van der Waals surface area contributed by atoms with Crippen molar-refractivity contribution in [3.05, 3.63) is 81.6 Å². The molecule has 8 heteroatoms. The summed E-state index contributed by atoms with van der Waals surface area (Å²) in [5.74, 6) is -0.547. The fourth-order valence-corrected chi connectivity index (χ4v) is 3.97. The third-order valence-electron chi connectivity index (χ3n) is 4.47. The van der Waals surface area contributed by atoms with Gasteiger partial charge in [0.15, 0.2) is 0 Å². The molecule has 0 atom stereocenters. The number of H-pyrrole nitrogens is 1. The van der Waals surface area contributed by atoms with Crippen LogP contribution in [0.4, 0.5) is 5.13 Å². The zero-order valence-corrected chi connectivity index (χ0v) is 17.1. The van der Waals surface area contributed by atoms with Gasteiger partial charge in [0.2, 0.25) is 5.13 Å². The van der Waals surface area contributed by atoms with Gasteiger partial charge in [0.05, 0.1) is 5.69 Å². The molecule has 7 nitrogen and oxygen atoms in total. The molecule has 0 aliphatic carbocycles. The Balaban J connectivity index is 1.84. The van der Waals surface area contributed by atoms with Gasteiger partial charge in [-0.3, -0.25) is 14.9 Å². The summed E-state index contributed by atoms with van der Waals surface area (Å²) in [4.78, 5) is 25.9. The molecule has 0 aliphatic rings. The number of carbonyl (C=O) groups is 1. The third-order valence-corrected chi connectivity index (χ3v) is 5.37. The Morgan fingerprint density at radius 2 is 1.67 bits per heavy atom. The van der Waals surface area contributed by atoms with Gasteiger partial charge in [-0.2, -0.15) is 5.10 Å². The smallest absolute Gasteiger partial charge is 0.277 e. The van der Waals surface area contributed by atoms with Crippen LogP contribution in [0.1, 0.15) is 28.7 Å². The Morgan fingerprint density at radius 1 is 1.00 bits per heavy atom. The van der Waals surface area contributed by atoms with Crippen molar-refractivity contribution in [2.75, 3.05) is 5.32 Å². The van der Waals surface area contributed by atoms with E-state index in [0.29, 0.717) is 16.4 Å². The highest BCUT2D eigenvalue weighted by Crippen LogP contribution is 2.32. The van der Waals surface area contributed by atoms with E-state index in [9.17, 15) is 9.59 Å². The maximum atomic E-state index is 13.2. The molecule has 0 bridgehead atoms. The van der Waals surface area contributed by atoms with Crippen LogP contribution in [0.15, 0.2) is 65.5 Å². The van der Waals surface area contributed by atoms with Gasteiger partial charge in [0, 0.05) is 17.5 Å². The Morgan fingerprint density at radius 3 is 2.33 bits per heavy atom. The van der Waals surface area contributed by atoms with Crippen LogP contribution in [0.2, 0.25) is 0 Å². The number of nitrogens with zero attached hydrogens (tertiary/aromatic N) is 3. The first-order valence-corrected chi connectivity index (χ1v) is 10.4. The lowest BCUT2D eigenvalue weighted by Crippen LogP contribution is -2.26. The minimum absolute atomic E-state index is 0.0118. The monoisotopic (exact) mass is 417 g/mol. The molecule has 2 aromatic heterocycles. The van der Waals surface area contributed by atoms with Crippen LogP contribution in [-0.2, 0) is 6.42 Å². The molecule has 150 valence electrons. The molecule has 4 rings (SSSR count). The fourth-order valence-electron chi connectivity index (χ4n) is 3.14. The average Bonchev–Trinajstić information content (AvgIpc) is 3.21. The van der Waals surface area contributed by atoms with Crippen LogP contribution >= 0.6 is 11.3 Å². The number of aryl methyl sites for hydroxylation is 1. The van der Waals surface area contributed by atoms with Gasteiger partial charge in [-0.1, -0.05) is 78.9 Å². The topological polar surface area (TPSA) is 101 Å². The van der Waals surface area contributed by atoms with Gasteiger partial charge in [0.1, 0.15) is 10.6 Å². The molecular formula is C22H19N5O2S. The van der Waals surface area contributed by atoms with E-state index in [2.05, 4.69) is 25.7 Å². The average molecular weight is 417 g/mol. The van der Waals surface area contributed by atoms with Crippen molar-refractivity contribution >= 4 is 22.4 Å². The van der Waals surface area contributed by atoms with Crippen molar-refractivity contribution < 1.29 is 4.79 Å². The Hall–Kier alpha value is -3.65. The molecule has 2 N–H and O–H groups in total. The first-order valence-electron chi connectivity index (χ1n) is 9.54. The van der Waals surface area contributed by atoms with E-state index in [0.717, 1.165) is 29.0 Å². The molecule has 2 heterocycles. The summed E-state index contributed by atoms with van der Waals surface area (Å²) in [6.45, 7) is 2.05. The first kappa shape index (κ1) is 19.7. The van der Waals surface area contributed by atoms with Gasteiger partial charge in [-0.05, 0) is 12.0 Å². The van der Waals surface area contributed by atoms with Crippen LogP contribution in [0.25, 0.3) is 22.4 Å². The summed E-state index contributed by atoms with van der Waals surface area (Å²) in [6.07, 6.45) is 1.72. The molecular weight excluding hydrogens is 398 g/mol. The van der Waals surface area contributed by atoms with E-state index in [4.69, 9.17) is 0 Å². The number of carbonyl (C=O) groups excluding carboxylic acids is 1. The summed E-state index contributed by atoms with van der Waals surface area (Å²) in [7, 11) is 0. The van der Waals surface area contributed by atoms with Crippen LogP contribution < -0.4 is 10.9 Å². The molecule has 1 amide bonds. The molecule has 4 aromatic rings. The van der Waals surface area contributed by atoms with Crippen molar-refractivity contribution in [3.8, 4) is 22.4 Å². The molecule has 0 saturated carbocycles. The van der Waals surface area contributed by atoms with Gasteiger partial charge in [-0.15, -0.1) is 10.2 Å². The molecule has 30 heavy (non-hydrogen) atoms. The largest absolute Gasteiger partial charge is 0.296 e. The van der Waals surface area contributed by atoms with E-state index in [1.54, 1.807) is 0 Å². The summed E-state index contributed by atoms with van der Waals surface area (Å²) < 4.78 is 0. The summed E-state index contributed by atoms with van der Waals surface area (Å²) in [5, 5.41) is 18.8. The van der Waals surface area contributed by atoms with Crippen molar-refractivity contribution in [2.45, 2.75) is 19.8 Å². The summed E-state index contributed by atoms with van der Waals surface area (Å²) in [6, 6.07) is 18.7. The zero-order valence-electron chi connectivity index (χ0n) is 16.3. The van der Waals surface area contributed by atoms with Crippen LogP contribution in [0, 0.1) is 0 Å². The molecule has 0 unspecified atom stereocenters. The van der Waals surface area contributed by atoms with Crippen molar-refractivity contribution in [2.24, 2.45) is 0 Å². The van der Waals surface area contributed by atoms with Gasteiger partial charge < -0.3 is 0 Å². The minimum atomic E-state index is -0.565. The van der Waals surface area contributed by atoms with Crippen molar-refractivity contribution in [1.82, 2.24) is 20.4 Å². The molecule has 0 fully saturated rings. The Kier molecular flexibility index (Phi) is 5.76. The molecule has 2 aromatic carbocycles. The number of aromatic nitrogens is 4. The van der Waals surface area contributed by atoms with Gasteiger partial charge in [0.25, 0.3) is 11.5 Å². The Labute approximate surface area is 176 Å². The maximum Gasteiger partial charge on any atom is 0.277 e. The van der Waals surface area contributed by atoms with E-state index in [1.807, 2.05) is 67.6 Å². The van der Waals surface area contributed by atoms with Crippen LogP contribution in [0.5, 0.6) is 0 Å². The minimum Gasteiger partial charge on any atom is -0.296 e. The number of anilines is 1. The number of aromatic amines is 1. The van der Waals surface area contributed by atoms with Crippen molar-refractivity contribution in [3.63, 3.8) is 0 Å². The first-order chi connectivity index (χ1) is 14.7. The zero-order chi connectivity index (χ0) is 20.9. The lowest BCUT2D eigenvalue weighted by Gasteiger charge is -2.13. The van der Waals surface area contributed by atoms with Gasteiger partial charge >= 0.3 is 0 Å². The summed E-state index contributed by atoms with van der Waals surface area (Å²) in [5.41, 5.74) is 1.94. The second-order valence-electron chi connectivity index (χ2n) is 6.59. The van der Waals surface area contributed by atoms with E-state index >= 15 is 0 Å². The Bertz CT molecular complexity index is 1220. The lowest BCUT2D eigenvalue weighted by molar-refractivity contribution is 0.102. The van der Waals surface area contributed by atoms with E-state index in [1.165, 1.54) is 11.3 Å². The van der Waals surface area contributed by atoms with Crippen LogP contribution in [-0.4, -0.2) is 26.3 Å². The number of hydrogen-bond acceptors (Lipinski definition) is 6. The number of nitrogens with one attached hydrogen (secondary N) is 2. The second kappa shape index (κ2) is 8.79. The normalized spacial score (nSPS) is 10.7.